The van der Waals surface area contributed by atoms with E-state index in [1.54, 1.807) is 22.7 Å². The second-order valence-corrected chi connectivity index (χ2v) is 8.82. The molecule has 6 heteroatoms. The molecule has 1 aliphatic carbocycles. The van der Waals surface area contributed by atoms with Crippen LogP contribution in [-0.2, 0) is 11.3 Å². The normalized spacial score (nSPS) is 15.3. The summed E-state index contributed by atoms with van der Waals surface area (Å²) in [6.07, 6.45) is 5.20. The topological polar surface area (TPSA) is 42.0 Å². The van der Waals surface area contributed by atoms with Crippen molar-refractivity contribution < 1.29 is 4.79 Å². The van der Waals surface area contributed by atoms with Gasteiger partial charge in [0.25, 0.3) is 0 Å². The molecule has 0 bridgehead atoms. The van der Waals surface area contributed by atoms with E-state index in [-0.39, 0.29) is 5.91 Å². The molecule has 118 valence electrons. The number of nitrogens with one attached hydrogen (secondary N) is 1. The van der Waals surface area contributed by atoms with Gasteiger partial charge < -0.3 is 5.32 Å². The fraction of sp³-hybridized carbons (Fsp3) is 0.500. The lowest BCUT2D eigenvalue weighted by atomic mass is 10.4. The predicted octanol–water partition coefficient (Wildman–Crippen LogP) is 4.47. The highest BCUT2D eigenvalue weighted by molar-refractivity contribution is 8.00. The monoisotopic (exact) mass is 352 g/mol. The molecule has 1 aliphatic rings. The van der Waals surface area contributed by atoms with Crippen LogP contribution >= 0.6 is 34.4 Å². The van der Waals surface area contributed by atoms with E-state index < -0.39 is 0 Å². The van der Waals surface area contributed by atoms with Gasteiger partial charge in [0.05, 0.1) is 22.9 Å². The predicted molar refractivity (Wildman–Crippen MR) is 96.7 cm³/mol. The van der Waals surface area contributed by atoms with Crippen molar-refractivity contribution in [2.75, 3.05) is 5.75 Å². The van der Waals surface area contributed by atoms with Gasteiger partial charge >= 0.3 is 0 Å². The zero-order chi connectivity index (χ0) is 15.4. The fourth-order valence-corrected chi connectivity index (χ4v) is 5.53. The average Bonchev–Trinajstić information content (AvgIpc) is 3.24. The first-order chi connectivity index (χ1) is 10.7. The molecule has 0 spiro atoms. The van der Waals surface area contributed by atoms with Crippen molar-refractivity contribution in [1.29, 1.82) is 0 Å². The first kappa shape index (κ1) is 16.0. The zero-order valence-electron chi connectivity index (χ0n) is 12.6. The Morgan fingerprint density at radius 1 is 1.45 bits per heavy atom. The van der Waals surface area contributed by atoms with Crippen molar-refractivity contribution in [3.63, 3.8) is 0 Å². The number of aryl methyl sites for hydroxylation is 1. The largest absolute Gasteiger partial charge is 0.350 e. The lowest BCUT2D eigenvalue weighted by molar-refractivity contribution is -0.118. The van der Waals surface area contributed by atoms with Crippen molar-refractivity contribution in [2.24, 2.45) is 0 Å². The van der Waals surface area contributed by atoms with Crippen molar-refractivity contribution in [3.8, 4) is 9.88 Å². The molecule has 0 unspecified atom stereocenters. The Balaban J connectivity index is 1.49. The maximum absolute atomic E-state index is 12.0. The maximum atomic E-state index is 12.0. The van der Waals surface area contributed by atoms with Crippen LogP contribution in [0.5, 0.6) is 0 Å². The van der Waals surface area contributed by atoms with E-state index in [4.69, 9.17) is 0 Å². The van der Waals surface area contributed by atoms with Crippen molar-refractivity contribution in [2.45, 2.75) is 44.4 Å². The molecular weight excluding hydrogens is 332 g/mol. The van der Waals surface area contributed by atoms with Crippen LogP contribution in [0.25, 0.3) is 9.88 Å². The summed E-state index contributed by atoms with van der Waals surface area (Å²) in [6.45, 7) is 2.61. The first-order valence-electron chi connectivity index (χ1n) is 7.61. The van der Waals surface area contributed by atoms with Crippen LogP contribution in [0.15, 0.2) is 17.5 Å². The van der Waals surface area contributed by atoms with Gasteiger partial charge in [-0.25, -0.2) is 4.98 Å². The summed E-state index contributed by atoms with van der Waals surface area (Å²) in [4.78, 5) is 18.9. The minimum atomic E-state index is 0.141. The van der Waals surface area contributed by atoms with Gasteiger partial charge in [0.2, 0.25) is 5.91 Å². The maximum Gasteiger partial charge on any atom is 0.230 e. The SMILES string of the molecule is Cc1nc(-c2cccs2)sc1CNC(=O)CSC1CCCC1. The number of nitrogens with zero attached hydrogens (tertiary/aromatic N) is 1. The van der Waals surface area contributed by atoms with E-state index in [0.29, 0.717) is 17.5 Å². The minimum Gasteiger partial charge on any atom is -0.350 e. The standard InChI is InChI=1S/C16H20N2OS3/c1-11-14(22-16(18-11)13-7-4-8-20-13)9-17-15(19)10-21-12-5-2-3-6-12/h4,7-8,12H,2-3,5-6,9-10H2,1H3,(H,17,19). The number of carbonyl (C=O) groups is 1. The Hall–Kier alpha value is -0.850. The molecule has 0 atom stereocenters. The van der Waals surface area contributed by atoms with Gasteiger partial charge in [-0.05, 0) is 31.2 Å². The number of thioether (sulfide) groups is 1. The smallest absolute Gasteiger partial charge is 0.230 e. The summed E-state index contributed by atoms with van der Waals surface area (Å²) >= 11 is 5.19. The number of rotatable bonds is 6. The molecule has 1 fully saturated rings. The number of thiophene rings is 1. The molecule has 2 heterocycles. The number of carbonyl (C=O) groups excluding carboxylic acids is 1. The molecule has 1 saturated carbocycles. The number of amides is 1. The summed E-state index contributed by atoms with van der Waals surface area (Å²) in [6, 6.07) is 4.13. The molecule has 0 radical (unpaired) electrons. The molecule has 3 nitrogen and oxygen atoms in total. The highest BCUT2D eigenvalue weighted by Gasteiger charge is 2.17. The van der Waals surface area contributed by atoms with E-state index in [2.05, 4.69) is 21.7 Å². The van der Waals surface area contributed by atoms with Gasteiger partial charge in [0.1, 0.15) is 5.01 Å². The Kier molecular flexibility index (Phi) is 5.55. The van der Waals surface area contributed by atoms with Crippen LogP contribution in [0.3, 0.4) is 0 Å². The third kappa shape index (κ3) is 4.12. The summed E-state index contributed by atoms with van der Waals surface area (Å²) < 4.78 is 0. The summed E-state index contributed by atoms with van der Waals surface area (Å²) in [5, 5.41) is 6.85. The number of aromatic nitrogens is 1. The molecular formula is C16H20N2OS3. The van der Waals surface area contributed by atoms with E-state index in [9.17, 15) is 4.79 Å². The van der Waals surface area contributed by atoms with Crippen LogP contribution < -0.4 is 5.32 Å². The lowest BCUT2D eigenvalue weighted by Crippen LogP contribution is -2.25. The van der Waals surface area contributed by atoms with Gasteiger partial charge in [0, 0.05) is 10.1 Å². The van der Waals surface area contributed by atoms with Crippen LogP contribution in [0.4, 0.5) is 0 Å². The molecule has 3 rings (SSSR count). The number of thiazole rings is 1. The Morgan fingerprint density at radius 2 is 2.27 bits per heavy atom. The Labute approximate surface area is 143 Å². The van der Waals surface area contributed by atoms with Gasteiger partial charge in [-0.2, -0.15) is 0 Å². The molecule has 22 heavy (non-hydrogen) atoms. The van der Waals surface area contributed by atoms with Gasteiger partial charge in [0.15, 0.2) is 0 Å². The average molecular weight is 353 g/mol. The Morgan fingerprint density at radius 3 is 3.00 bits per heavy atom. The van der Waals surface area contributed by atoms with Crippen molar-refractivity contribution in [3.05, 3.63) is 28.1 Å². The van der Waals surface area contributed by atoms with Gasteiger partial charge in [-0.3, -0.25) is 4.79 Å². The van der Waals surface area contributed by atoms with E-state index >= 15 is 0 Å². The Bertz CT molecular complexity index is 615. The highest BCUT2D eigenvalue weighted by atomic mass is 32.2. The third-order valence-corrected chi connectivity index (χ3v) is 7.39. The van der Waals surface area contributed by atoms with Crippen molar-refractivity contribution >= 4 is 40.3 Å². The van der Waals surface area contributed by atoms with Crippen LogP contribution in [0.2, 0.25) is 0 Å². The highest BCUT2D eigenvalue weighted by Crippen LogP contribution is 2.31. The quantitative estimate of drug-likeness (QED) is 0.834. The molecule has 1 amide bonds. The van der Waals surface area contributed by atoms with Crippen molar-refractivity contribution in [1.82, 2.24) is 10.3 Å². The molecule has 0 saturated heterocycles. The van der Waals surface area contributed by atoms with Crippen LogP contribution in [-0.4, -0.2) is 21.9 Å². The number of hydrogen-bond acceptors (Lipinski definition) is 5. The summed E-state index contributed by atoms with van der Waals surface area (Å²) in [5.74, 6) is 0.725. The molecule has 2 aromatic rings. The second kappa shape index (κ2) is 7.62. The molecule has 0 aliphatic heterocycles. The fourth-order valence-electron chi connectivity index (χ4n) is 2.58. The summed E-state index contributed by atoms with van der Waals surface area (Å²) in [5.41, 5.74) is 1.03. The minimum absolute atomic E-state index is 0.141. The molecule has 0 aromatic carbocycles. The molecule has 2 aromatic heterocycles. The lowest BCUT2D eigenvalue weighted by Gasteiger charge is -2.08. The second-order valence-electron chi connectivity index (χ2n) is 5.50. The van der Waals surface area contributed by atoms with Gasteiger partial charge in [-0.1, -0.05) is 18.9 Å². The third-order valence-electron chi connectivity index (χ3n) is 3.82. The molecule has 1 N–H and O–H groups in total. The van der Waals surface area contributed by atoms with E-state index in [0.717, 1.165) is 15.6 Å². The van der Waals surface area contributed by atoms with Crippen LogP contribution in [0, 0.1) is 6.92 Å². The van der Waals surface area contributed by atoms with E-state index in [1.807, 2.05) is 24.8 Å². The zero-order valence-corrected chi connectivity index (χ0v) is 15.1. The number of hydrogen-bond donors (Lipinski definition) is 1. The van der Waals surface area contributed by atoms with E-state index in [1.165, 1.54) is 30.6 Å². The van der Waals surface area contributed by atoms with Crippen LogP contribution in [0.1, 0.15) is 36.3 Å². The summed E-state index contributed by atoms with van der Waals surface area (Å²) in [7, 11) is 0. The first-order valence-corrected chi connectivity index (χ1v) is 10.4. The van der Waals surface area contributed by atoms with Gasteiger partial charge in [-0.15, -0.1) is 34.4 Å².